The summed E-state index contributed by atoms with van der Waals surface area (Å²) in [7, 11) is 1.51. The number of carboxylic acids is 1. The number of aromatic nitrogens is 4. The molecule has 0 atom stereocenters. The van der Waals surface area contributed by atoms with Crippen molar-refractivity contribution in [3.63, 3.8) is 0 Å². The van der Waals surface area contributed by atoms with Crippen LogP contribution in [0.15, 0.2) is 36.8 Å². The molecule has 2 amide bonds. The number of hydrogen-bond donors (Lipinski definition) is 3. The van der Waals surface area contributed by atoms with Gasteiger partial charge in [-0.05, 0) is 25.1 Å². The quantitative estimate of drug-likeness (QED) is 0.325. The van der Waals surface area contributed by atoms with Crippen LogP contribution in [-0.2, 0) is 4.79 Å². The van der Waals surface area contributed by atoms with Crippen molar-refractivity contribution in [2.45, 2.75) is 6.92 Å². The summed E-state index contributed by atoms with van der Waals surface area (Å²) in [5.74, 6) is -2.25. The van der Waals surface area contributed by atoms with Crippen LogP contribution < -0.4 is 15.5 Å². The third-order valence-electron chi connectivity index (χ3n) is 4.84. The van der Waals surface area contributed by atoms with E-state index < -0.39 is 23.6 Å². The van der Waals surface area contributed by atoms with Crippen LogP contribution in [0.3, 0.4) is 0 Å². The number of rotatable bonds is 7. The molecule has 0 saturated heterocycles. The van der Waals surface area contributed by atoms with Crippen LogP contribution in [0, 0.1) is 11.6 Å². The third-order valence-corrected chi connectivity index (χ3v) is 5.84. The van der Waals surface area contributed by atoms with Crippen molar-refractivity contribution in [2.24, 2.45) is 0 Å². The fourth-order valence-corrected chi connectivity index (χ4v) is 4.28. The maximum absolute atomic E-state index is 15.6. The first-order valence-electron chi connectivity index (χ1n) is 10.3. The number of pyridine rings is 1. The zero-order valence-corrected chi connectivity index (χ0v) is 20.4. The summed E-state index contributed by atoms with van der Waals surface area (Å²) in [6.07, 6.45) is 4.09. The summed E-state index contributed by atoms with van der Waals surface area (Å²) in [5, 5.41) is 14.2. The fraction of sp³-hybridized carbons (Fsp3) is 0.182. The zero-order valence-electron chi connectivity index (χ0n) is 19.5. The van der Waals surface area contributed by atoms with Gasteiger partial charge in [-0.1, -0.05) is 11.3 Å². The number of fused-ring (bicyclic) bond motifs is 1. The fourth-order valence-electron chi connectivity index (χ4n) is 3.31. The predicted octanol–water partition coefficient (Wildman–Crippen LogP) is 3.37. The van der Waals surface area contributed by atoms with E-state index in [2.05, 4.69) is 30.6 Å². The Labute approximate surface area is 220 Å². The Bertz CT molecular complexity index is 1420. The van der Waals surface area contributed by atoms with Gasteiger partial charge in [0.1, 0.15) is 23.6 Å². The minimum atomic E-state index is -1.06. The standard InChI is InChI=1S/C22H19F2N7O3S.Li/c1-3-25-21(34)30-22-29-18-16(24)12(11-8-27-20(28-9-11)31(2)10-15(32)33)7-13(19(18)35-22)17-14(23)5-4-6-26-17;/h4-9H,3,10H2,1-2H3,(H,32,33)(H2,25,29,30,34);. The first-order chi connectivity index (χ1) is 16.8. The molecule has 0 bridgehead atoms. The van der Waals surface area contributed by atoms with E-state index in [1.54, 1.807) is 6.92 Å². The Morgan fingerprint density at radius 1 is 1.17 bits per heavy atom. The zero-order chi connectivity index (χ0) is 25.1. The smallest absolute Gasteiger partial charge is 0.323 e. The van der Waals surface area contributed by atoms with Gasteiger partial charge in [-0.3, -0.25) is 15.1 Å². The van der Waals surface area contributed by atoms with E-state index in [0.717, 1.165) is 11.3 Å². The first-order valence-corrected chi connectivity index (χ1v) is 11.1. The molecule has 3 aromatic heterocycles. The molecule has 14 heteroatoms. The Morgan fingerprint density at radius 3 is 2.53 bits per heavy atom. The predicted molar refractivity (Wildman–Crippen MR) is 133 cm³/mol. The molecule has 3 N–H and O–H groups in total. The molecular weight excluding hydrogens is 487 g/mol. The Balaban J connectivity index is 0.00000361. The maximum Gasteiger partial charge on any atom is 0.323 e. The first kappa shape index (κ1) is 26.9. The van der Waals surface area contributed by atoms with E-state index in [0.29, 0.717) is 11.2 Å². The monoisotopic (exact) mass is 506 g/mol. The summed E-state index contributed by atoms with van der Waals surface area (Å²) < 4.78 is 30.6. The summed E-state index contributed by atoms with van der Waals surface area (Å²) in [5.41, 5.74) is 0.501. The molecule has 36 heavy (non-hydrogen) atoms. The molecular formula is C22H19F2LiN7O3S. The van der Waals surface area contributed by atoms with Gasteiger partial charge in [0.2, 0.25) is 5.95 Å². The second-order valence-corrected chi connectivity index (χ2v) is 8.32. The van der Waals surface area contributed by atoms with Gasteiger partial charge in [-0.15, -0.1) is 0 Å². The van der Waals surface area contributed by atoms with E-state index in [4.69, 9.17) is 5.11 Å². The summed E-state index contributed by atoms with van der Waals surface area (Å²) in [6.45, 7) is 1.82. The minimum absolute atomic E-state index is 0. The molecule has 0 aliphatic carbocycles. The Kier molecular flexibility index (Phi) is 8.52. The maximum atomic E-state index is 15.6. The number of carbonyl (C=O) groups is 2. The van der Waals surface area contributed by atoms with Gasteiger partial charge in [-0.25, -0.2) is 28.5 Å². The van der Waals surface area contributed by atoms with Crippen molar-refractivity contribution in [1.82, 2.24) is 25.3 Å². The second kappa shape index (κ2) is 11.4. The largest absolute Gasteiger partial charge is 0.480 e. The number of likely N-dealkylation sites (N-methyl/N-ethyl adjacent to an activating group) is 1. The molecule has 0 fully saturated rings. The van der Waals surface area contributed by atoms with Gasteiger partial charge in [0.25, 0.3) is 0 Å². The Hall–Kier alpha value is -3.66. The average molecular weight is 506 g/mol. The Morgan fingerprint density at radius 2 is 1.89 bits per heavy atom. The van der Waals surface area contributed by atoms with Crippen LogP contribution in [-0.4, -0.2) is 76.0 Å². The molecule has 10 nitrogen and oxygen atoms in total. The van der Waals surface area contributed by atoms with Gasteiger partial charge in [0.05, 0.1) is 4.70 Å². The van der Waals surface area contributed by atoms with Crippen molar-refractivity contribution < 1.29 is 23.5 Å². The average Bonchev–Trinajstić information content (AvgIpc) is 3.24. The van der Waals surface area contributed by atoms with Crippen LogP contribution in [0.4, 0.5) is 24.7 Å². The van der Waals surface area contributed by atoms with Gasteiger partial charge in [0, 0.05) is 67.7 Å². The topological polar surface area (TPSA) is 133 Å². The van der Waals surface area contributed by atoms with Gasteiger partial charge in [0.15, 0.2) is 10.9 Å². The van der Waals surface area contributed by atoms with Crippen LogP contribution in [0.25, 0.3) is 32.6 Å². The number of thiazole rings is 1. The van der Waals surface area contributed by atoms with Crippen LogP contribution in [0.1, 0.15) is 6.92 Å². The molecule has 0 aliphatic rings. The number of anilines is 2. The van der Waals surface area contributed by atoms with E-state index >= 15 is 4.39 Å². The molecule has 4 aromatic rings. The normalized spacial score (nSPS) is 10.6. The molecule has 4 rings (SSSR count). The van der Waals surface area contributed by atoms with Crippen LogP contribution in [0.5, 0.6) is 0 Å². The van der Waals surface area contributed by atoms with Crippen LogP contribution in [0.2, 0.25) is 0 Å². The SMILES string of the molecule is CCNC(=O)Nc1nc2c(F)c(-c3cnc(N(C)CC(=O)O)nc3)cc(-c3ncccc3F)c2s1.[Li]. The van der Waals surface area contributed by atoms with E-state index in [1.807, 2.05) is 0 Å². The molecule has 181 valence electrons. The third kappa shape index (κ3) is 5.59. The second-order valence-electron chi connectivity index (χ2n) is 7.32. The van der Waals surface area contributed by atoms with E-state index in [9.17, 15) is 14.0 Å². The van der Waals surface area contributed by atoms with Crippen molar-refractivity contribution in [2.75, 3.05) is 30.4 Å². The van der Waals surface area contributed by atoms with Crippen molar-refractivity contribution in [1.29, 1.82) is 0 Å². The number of amides is 2. The molecule has 0 saturated carbocycles. The van der Waals surface area contributed by atoms with Crippen molar-refractivity contribution in [3.8, 4) is 22.4 Å². The molecule has 0 spiro atoms. The number of benzene rings is 1. The molecule has 3 heterocycles. The van der Waals surface area contributed by atoms with Crippen molar-refractivity contribution in [3.05, 3.63) is 48.4 Å². The van der Waals surface area contributed by atoms with E-state index in [1.165, 1.54) is 48.7 Å². The van der Waals surface area contributed by atoms with Crippen LogP contribution >= 0.6 is 11.3 Å². The van der Waals surface area contributed by atoms with Gasteiger partial charge < -0.3 is 15.3 Å². The summed E-state index contributed by atoms with van der Waals surface area (Å²) >= 11 is 0.988. The molecule has 1 aromatic carbocycles. The van der Waals surface area contributed by atoms with E-state index in [-0.39, 0.29) is 64.4 Å². The summed E-state index contributed by atoms with van der Waals surface area (Å²) in [6, 6.07) is 3.60. The number of nitrogens with one attached hydrogen (secondary N) is 2. The molecule has 0 unspecified atom stereocenters. The molecule has 1 radical (unpaired) electrons. The number of aliphatic carboxylic acids is 1. The minimum Gasteiger partial charge on any atom is -0.480 e. The number of halogens is 2. The summed E-state index contributed by atoms with van der Waals surface area (Å²) in [4.78, 5) is 40.8. The molecule has 0 aliphatic heterocycles. The number of carbonyl (C=O) groups excluding carboxylic acids is 1. The van der Waals surface area contributed by atoms with Crippen molar-refractivity contribution >= 4 is 63.5 Å². The number of carboxylic acid groups (broad SMARTS) is 1. The van der Waals surface area contributed by atoms with Gasteiger partial charge >= 0.3 is 12.0 Å². The number of urea groups is 1. The number of hydrogen-bond acceptors (Lipinski definition) is 8. The van der Waals surface area contributed by atoms with Gasteiger partial charge in [-0.2, -0.15) is 0 Å². The number of nitrogens with zero attached hydrogens (tertiary/aromatic N) is 5.